The number of benzene rings is 1. The van der Waals surface area contributed by atoms with Gasteiger partial charge in [0.2, 0.25) is 0 Å². The van der Waals surface area contributed by atoms with Crippen LogP contribution in [0, 0.1) is 0 Å². The van der Waals surface area contributed by atoms with Crippen molar-refractivity contribution >= 4 is 11.6 Å². The van der Waals surface area contributed by atoms with E-state index in [0.717, 1.165) is 11.1 Å². The van der Waals surface area contributed by atoms with E-state index >= 15 is 0 Å². The molecule has 0 atom stereocenters. The maximum Gasteiger partial charge on any atom is 0.0511 e. The van der Waals surface area contributed by atoms with Gasteiger partial charge >= 0.3 is 0 Å². The van der Waals surface area contributed by atoms with Gasteiger partial charge in [-0.15, -0.1) is 0 Å². The van der Waals surface area contributed by atoms with Gasteiger partial charge in [0.1, 0.15) is 0 Å². The number of hydrogen-bond donors (Lipinski definition) is 0. The van der Waals surface area contributed by atoms with Gasteiger partial charge in [0.25, 0.3) is 0 Å². The molecule has 0 aliphatic heterocycles. The number of halogens is 1. The van der Waals surface area contributed by atoms with E-state index in [1.165, 1.54) is 0 Å². The topological polar surface area (TPSA) is 97.5 Å². The van der Waals surface area contributed by atoms with Crippen LogP contribution < -0.4 is 0 Å². The van der Waals surface area contributed by atoms with Gasteiger partial charge in [-0.05, 0) is 34.3 Å². The molecule has 6 nitrogen and oxygen atoms in total. The summed E-state index contributed by atoms with van der Waals surface area (Å²) in [4.78, 5) is 5.30. The zero-order valence-electron chi connectivity index (χ0n) is 7.71. The molecule has 0 bridgehead atoms. The van der Waals surface area contributed by atoms with Crippen molar-refractivity contribution in [2.45, 2.75) is 13.1 Å². The minimum absolute atomic E-state index is 0.236. The number of rotatable bonds is 4. The fourth-order valence-electron chi connectivity index (χ4n) is 1.13. The van der Waals surface area contributed by atoms with Gasteiger partial charge in [-0.1, -0.05) is 27.9 Å². The zero-order valence-corrected chi connectivity index (χ0v) is 8.46. The molecule has 0 aliphatic rings. The lowest BCUT2D eigenvalue weighted by atomic mass is 10.1. The normalized spacial score (nSPS) is 8.87. The maximum absolute atomic E-state index is 8.17. The van der Waals surface area contributed by atoms with Crippen LogP contribution in [0.2, 0.25) is 5.02 Å². The molecule has 0 heterocycles. The van der Waals surface area contributed by atoms with Gasteiger partial charge in [-0.25, -0.2) is 0 Å². The van der Waals surface area contributed by atoms with Gasteiger partial charge in [-0.3, -0.25) is 0 Å². The van der Waals surface area contributed by atoms with Gasteiger partial charge < -0.3 is 0 Å². The minimum Gasteiger partial charge on any atom is -0.0893 e. The smallest absolute Gasteiger partial charge is 0.0511 e. The van der Waals surface area contributed by atoms with E-state index < -0.39 is 0 Å². The van der Waals surface area contributed by atoms with Crippen LogP contribution in [0.25, 0.3) is 20.9 Å². The molecule has 0 radical (unpaired) electrons. The lowest BCUT2D eigenvalue weighted by molar-refractivity contribution is 1.01. The summed E-state index contributed by atoms with van der Waals surface area (Å²) in [7, 11) is 0. The van der Waals surface area contributed by atoms with Crippen LogP contribution >= 0.6 is 11.6 Å². The van der Waals surface area contributed by atoms with Crippen LogP contribution in [0.3, 0.4) is 0 Å². The molecule has 0 amide bonds. The Morgan fingerprint density at radius 3 is 1.87 bits per heavy atom. The summed E-state index contributed by atoms with van der Waals surface area (Å²) < 4.78 is 0. The zero-order chi connectivity index (χ0) is 11.1. The van der Waals surface area contributed by atoms with Crippen LogP contribution in [-0.4, -0.2) is 0 Å². The number of azide groups is 2. The maximum atomic E-state index is 8.17. The summed E-state index contributed by atoms with van der Waals surface area (Å²) in [5.41, 5.74) is 17.9. The molecule has 0 fully saturated rings. The van der Waals surface area contributed by atoms with E-state index in [4.69, 9.17) is 22.7 Å². The molecule has 0 unspecified atom stereocenters. The summed E-state index contributed by atoms with van der Waals surface area (Å²) in [6.07, 6.45) is 0. The molecule has 1 aromatic rings. The molecular weight excluding hydrogens is 216 g/mol. The lowest BCUT2D eigenvalue weighted by Gasteiger charge is -2.01. The first-order valence-electron chi connectivity index (χ1n) is 4.06. The van der Waals surface area contributed by atoms with Crippen LogP contribution in [0.4, 0.5) is 0 Å². The average Bonchev–Trinajstić information content (AvgIpc) is 2.23. The molecule has 0 aliphatic carbocycles. The molecule has 15 heavy (non-hydrogen) atoms. The Labute approximate surface area is 90.7 Å². The monoisotopic (exact) mass is 222 g/mol. The fourth-order valence-corrected chi connectivity index (χ4v) is 1.41. The highest BCUT2D eigenvalue weighted by Gasteiger charge is 1.98. The van der Waals surface area contributed by atoms with Crippen molar-refractivity contribution in [2.24, 2.45) is 10.2 Å². The third-order valence-corrected chi connectivity index (χ3v) is 1.87. The Balaban J connectivity index is 2.93. The molecule has 1 aromatic carbocycles. The highest BCUT2D eigenvalue weighted by atomic mass is 35.5. The molecule has 0 spiro atoms. The predicted octanol–water partition coefficient (Wildman–Crippen LogP) is 3.96. The van der Waals surface area contributed by atoms with Crippen LogP contribution in [-0.2, 0) is 13.1 Å². The average molecular weight is 223 g/mol. The summed E-state index contributed by atoms with van der Waals surface area (Å²) >= 11 is 5.84. The van der Waals surface area contributed by atoms with E-state index in [9.17, 15) is 0 Å². The molecule has 0 saturated heterocycles. The SMILES string of the molecule is [N-]=[N+]=NCc1cc(Cl)cc(CN=[N+]=[N-])c1. The second kappa shape index (κ2) is 5.78. The van der Waals surface area contributed by atoms with Crippen LogP contribution in [0.15, 0.2) is 28.4 Å². The Morgan fingerprint density at radius 1 is 1.00 bits per heavy atom. The van der Waals surface area contributed by atoms with E-state index in [1.54, 1.807) is 18.2 Å². The third-order valence-electron chi connectivity index (χ3n) is 1.65. The molecule has 76 valence electrons. The Kier molecular flexibility index (Phi) is 4.31. The highest BCUT2D eigenvalue weighted by Crippen LogP contribution is 2.16. The van der Waals surface area contributed by atoms with Crippen molar-refractivity contribution in [3.05, 3.63) is 55.2 Å². The van der Waals surface area contributed by atoms with Crippen molar-refractivity contribution in [3.8, 4) is 0 Å². The van der Waals surface area contributed by atoms with Crippen molar-refractivity contribution in [1.82, 2.24) is 0 Å². The van der Waals surface area contributed by atoms with Gasteiger partial charge in [0.05, 0.1) is 13.1 Å². The summed E-state index contributed by atoms with van der Waals surface area (Å²) in [6.45, 7) is 0.473. The standard InChI is InChI=1S/C8H7ClN6/c9-8-2-6(4-12-14-10)1-7(3-8)5-13-15-11/h1-3H,4-5H2. The quantitative estimate of drug-likeness (QED) is 0.419. The van der Waals surface area contributed by atoms with Crippen molar-refractivity contribution in [3.63, 3.8) is 0 Å². The Morgan fingerprint density at radius 2 is 1.47 bits per heavy atom. The van der Waals surface area contributed by atoms with E-state index in [1.807, 2.05) is 0 Å². The Hall–Kier alpha value is -1.87. The first kappa shape index (κ1) is 11.2. The largest absolute Gasteiger partial charge is 0.0893 e. The fraction of sp³-hybridized carbons (Fsp3) is 0.250. The second-order valence-electron chi connectivity index (χ2n) is 2.75. The van der Waals surface area contributed by atoms with E-state index in [0.29, 0.717) is 5.02 Å². The van der Waals surface area contributed by atoms with E-state index in [-0.39, 0.29) is 13.1 Å². The summed E-state index contributed by atoms with van der Waals surface area (Å²) in [5.74, 6) is 0. The van der Waals surface area contributed by atoms with Gasteiger partial charge in [0, 0.05) is 14.8 Å². The molecule has 0 saturated carbocycles. The van der Waals surface area contributed by atoms with Gasteiger partial charge in [0.15, 0.2) is 0 Å². The lowest BCUT2D eigenvalue weighted by Crippen LogP contribution is -1.86. The van der Waals surface area contributed by atoms with Crippen LogP contribution in [0.1, 0.15) is 11.1 Å². The first-order chi connectivity index (χ1) is 7.26. The highest BCUT2D eigenvalue weighted by molar-refractivity contribution is 6.30. The van der Waals surface area contributed by atoms with Crippen molar-refractivity contribution in [1.29, 1.82) is 0 Å². The van der Waals surface area contributed by atoms with E-state index in [2.05, 4.69) is 20.1 Å². The molecule has 1 rings (SSSR count). The second-order valence-corrected chi connectivity index (χ2v) is 3.18. The third kappa shape index (κ3) is 3.79. The number of hydrogen-bond acceptors (Lipinski definition) is 2. The molecular formula is C8H7ClN6. The first-order valence-corrected chi connectivity index (χ1v) is 4.44. The molecule has 7 heteroatoms. The van der Waals surface area contributed by atoms with Crippen molar-refractivity contribution < 1.29 is 0 Å². The van der Waals surface area contributed by atoms with Crippen LogP contribution in [0.5, 0.6) is 0 Å². The van der Waals surface area contributed by atoms with Gasteiger partial charge in [-0.2, -0.15) is 0 Å². The summed E-state index contributed by atoms with van der Waals surface area (Å²) in [6, 6.07) is 5.20. The Bertz CT molecular complexity index is 406. The predicted molar refractivity (Wildman–Crippen MR) is 57.2 cm³/mol. The molecule has 0 aromatic heterocycles. The summed E-state index contributed by atoms with van der Waals surface area (Å²) in [5, 5.41) is 7.38. The minimum atomic E-state index is 0.236. The molecule has 0 N–H and O–H groups in total. The number of nitrogens with zero attached hydrogens (tertiary/aromatic N) is 6. The van der Waals surface area contributed by atoms with Crippen molar-refractivity contribution in [2.75, 3.05) is 0 Å².